The lowest BCUT2D eigenvalue weighted by molar-refractivity contribution is -0.143. The van der Waals surface area contributed by atoms with Gasteiger partial charge in [-0.15, -0.1) is 0 Å². The number of benzene rings is 3. The average molecular weight is 514 g/mol. The van der Waals surface area contributed by atoms with E-state index in [-0.39, 0.29) is 34.9 Å². The van der Waals surface area contributed by atoms with Gasteiger partial charge in [0, 0.05) is 0 Å². The molecule has 0 aromatic heterocycles. The maximum Gasteiger partial charge on any atom is 0.338 e. The van der Waals surface area contributed by atoms with Crippen molar-refractivity contribution >= 4 is 38.8 Å². The van der Waals surface area contributed by atoms with Gasteiger partial charge < -0.3 is 9.47 Å². The second-order valence-corrected chi connectivity index (χ2v) is 10.8. The quantitative estimate of drug-likeness (QED) is 0.163. The molecule has 0 spiro atoms. The Kier molecular flexibility index (Phi) is 8.53. The van der Waals surface area contributed by atoms with Crippen molar-refractivity contribution in [3.63, 3.8) is 0 Å². The van der Waals surface area contributed by atoms with Gasteiger partial charge in [-0.1, -0.05) is 51.3 Å². The number of carbonyl (C=O) groups is 2. The summed E-state index contributed by atoms with van der Waals surface area (Å²) in [6.45, 7) is 5.88. The standard InChI is InChI=1S/C26H26BrO4S/c1-18-4-10-22(11-5-18)32(23-12-6-19(2)7-13-23)24-14-8-21(9-15-24)26(29)31-17-16-30-25(28)20(3)27/h4-15,20H,16-17H2,1-3H3/q+1. The SMILES string of the molecule is Cc1ccc([S+](c2ccc(C)cc2)c2ccc(C(=O)OCCOC(=O)C(C)Br)cc2)cc1. The van der Waals surface area contributed by atoms with E-state index in [1.54, 1.807) is 19.1 Å². The number of hydrogen-bond acceptors (Lipinski definition) is 4. The molecule has 3 aromatic rings. The highest BCUT2D eigenvalue weighted by Crippen LogP contribution is 2.31. The minimum atomic E-state index is -0.440. The molecule has 0 aliphatic rings. The molecule has 6 heteroatoms. The summed E-state index contributed by atoms with van der Waals surface area (Å²) in [4.78, 5) is 26.9. The van der Waals surface area contributed by atoms with Crippen LogP contribution in [0.5, 0.6) is 0 Å². The Morgan fingerprint density at radius 3 is 1.59 bits per heavy atom. The largest absolute Gasteiger partial charge is 0.461 e. The summed E-state index contributed by atoms with van der Waals surface area (Å²) in [7, 11) is -0.283. The Bertz CT molecular complexity index is 999. The van der Waals surface area contributed by atoms with Gasteiger partial charge >= 0.3 is 11.9 Å². The zero-order valence-corrected chi connectivity index (χ0v) is 20.7. The monoisotopic (exact) mass is 513 g/mol. The van der Waals surface area contributed by atoms with Gasteiger partial charge in [0.05, 0.1) is 16.5 Å². The van der Waals surface area contributed by atoms with Crippen LogP contribution in [0.25, 0.3) is 0 Å². The number of carbonyl (C=O) groups excluding carboxylic acids is 2. The summed E-state index contributed by atoms with van der Waals surface area (Å²) in [5.74, 6) is -0.824. The first kappa shape index (κ1) is 24.1. The maximum atomic E-state index is 12.3. The van der Waals surface area contributed by atoms with Crippen LogP contribution in [0.2, 0.25) is 0 Å². The van der Waals surface area contributed by atoms with Crippen molar-refractivity contribution < 1.29 is 19.1 Å². The molecule has 0 radical (unpaired) electrons. The Hall–Kier alpha value is -2.57. The molecule has 166 valence electrons. The van der Waals surface area contributed by atoms with E-state index in [0.717, 1.165) is 4.90 Å². The van der Waals surface area contributed by atoms with Crippen molar-refractivity contribution in [2.45, 2.75) is 40.3 Å². The van der Waals surface area contributed by atoms with Gasteiger partial charge in [-0.25, -0.2) is 4.79 Å². The van der Waals surface area contributed by atoms with Gasteiger partial charge in [-0.05, 0) is 69.3 Å². The molecule has 0 saturated carbocycles. The van der Waals surface area contributed by atoms with E-state index in [2.05, 4.69) is 78.3 Å². The molecule has 1 unspecified atom stereocenters. The fraction of sp³-hybridized carbons (Fsp3) is 0.231. The molecule has 0 fully saturated rings. The molecular formula is C26H26BrO4S+. The predicted octanol–water partition coefficient (Wildman–Crippen LogP) is 5.88. The molecule has 0 aliphatic heterocycles. The van der Waals surface area contributed by atoms with Gasteiger partial charge in [0.15, 0.2) is 14.7 Å². The number of hydrogen-bond donors (Lipinski definition) is 0. The van der Waals surface area contributed by atoms with Crippen molar-refractivity contribution in [3.05, 3.63) is 89.5 Å². The van der Waals surface area contributed by atoms with E-state index < -0.39 is 5.97 Å². The second kappa shape index (κ2) is 11.3. The van der Waals surface area contributed by atoms with E-state index in [0.29, 0.717) is 5.56 Å². The highest BCUT2D eigenvalue weighted by molar-refractivity contribution is 9.10. The lowest BCUT2D eigenvalue weighted by Crippen LogP contribution is -2.18. The zero-order chi connectivity index (χ0) is 23.1. The third kappa shape index (κ3) is 6.47. The lowest BCUT2D eigenvalue weighted by atomic mass is 10.2. The molecule has 0 saturated heterocycles. The molecule has 0 N–H and O–H groups in total. The van der Waals surface area contributed by atoms with Crippen LogP contribution >= 0.6 is 15.9 Å². The number of alkyl halides is 1. The number of aryl methyl sites for hydroxylation is 2. The third-order valence-corrected chi connectivity index (χ3v) is 7.33. The molecule has 32 heavy (non-hydrogen) atoms. The van der Waals surface area contributed by atoms with E-state index in [9.17, 15) is 9.59 Å². The van der Waals surface area contributed by atoms with Crippen LogP contribution in [0.15, 0.2) is 87.5 Å². The molecule has 0 amide bonds. The number of halogens is 1. The maximum absolute atomic E-state index is 12.3. The molecule has 0 aliphatic carbocycles. The van der Waals surface area contributed by atoms with Crippen LogP contribution < -0.4 is 0 Å². The topological polar surface area (TPSA) is 52.6 Å². The summed E-state index contributed by atoms with van der Waals surface area (Å²) in [6, 6.07) is 24.7. The third-order valence-electron chi connectivity index (χ3n) is 4.72. The Labute approximate surface area is 200 Å². The average Bonchev–Trinajstić information content (AvgIpc) is 2.79. The van der Waals surface area contributed by atoms with Crippen LogP contribution in [0.4, 0.5) is 0 Å². The lowest BCUT2D eigenvalue weighted by Gasteiger charge is -2.10. The van der Waals surface area contributed by atoms with Crippen molar-refractivity contribution in [3.8, 4) is 0 Å². The molecule has 3 aromatic carbocycles. The van der Waals surface area contributed by atoms with Crippen LogP contribution in [0.3, 0.4) is 0 Å². The summed E-state index contributed by atoms with van der Waals surface area (Å²) in [5.41, 5.74) is 2.90. The zero-order valence-electron chi connectivity index (χ0n) is 18.3. The van der Waals surface area contributed by atoms with Gasteiger partial charge in [0.1, 0.15) is 18.0 Å². The molecular weight excluding hydrogens is 488 g/mol. The van der Waals surface area contributed by atoms with E-state index >= 15 is 0 Å². The molecule has 1 atom stereocenters. The van der Waals surface area contributed by atoms with E-state index in [4.69, 9.17) is 9.47 Å². The van der Waals surface area contributed by atoms with Gasteiger partial charge in [-0.3, -0.25) is 4.79 Å². The van der Waals surface area contributed by atoms with E-state index in [1.165, 1.54) is 20.9 Å². The van der Waals surface area contributed by atoms with Crippen LogP contribution in [0, 0.1) is 13.8 Å². The van der Waals surface area contributed by atoms with Crippen LogP contribution in [0.1, 0.15) is 28.4 Å². The first-order valence-electron chi connectivity index (χ1n) is 10.3. The molecule has 3 rings (SSSR count). The van der Waals surface area contributed by atoms with Crippen molar-refractivity contribution in [2.24, 2.45) is 0 Å². The first-order chi connectivity index (χ1) is 15.3. The minimum absolute atomic E-state index is 0.0170. The highest BCUT2D eigenvalue weighted by atomic mass is 79.9. The van der Waals surface area contributed by atoms with Gasteiger partial charge in [-0.2, -0.15) is 0 Å². The fourth-order valence-corrected chi connectivity index (χ4v) is 5.13. The normalized spacial score (nSPS) is 11.8. The van der Waals surface area contributed by atoms with Gasteiger partial charge in [0.25, 0.3) is 0 Å². The molecule has 0 bridgehead atoms. The Morgan fingerprint density at radius 1 is 0.750 bits per heavy atom. The summed E-state index contributed by atoms with van der Waals surface area (Å²) >= 11 is 3.13. The number of ether oxygens (including phenoxy) is 2. The van der Waals surface area contributed by atoms with Crippen molar-refractivity contribution in [1.29, 1.82) is 0 Å². The summed E-state index contributed by atoms with van der Waals surface area (Å²) < 4.78 is 10.2. The minimum Gasteiger partial charge on any atom is -0.461 e. The Morgan fingerprint density at radius 2 is 1.16 bits per heavy atom. The molecule has 4 nitrogen and oxygen atoms in total. The fourth-order valence-electron chi connectivity index (χ4n) is 2.96. The van der Waals surface area contributed by atoms with Crippen LogP contribution in [-0.4, -0.2) is 30.0 Å². The first-order valence-corrected chi connectivity index (χ1v) is 12.4. The smallest absolute Gasteiger partial charge is 0.338 e. The highest BCUT2D eigenvalue weighted by Gasteiger charge is 2.28. The molecule has 0 heterocycles. The summed E-state index contributed by atoms with van der Waals surface area (Å²) in [5, 5.41) is 0. The number of rotatable bonds is 8. The summed E-state index contributed by atoms with van der Waals surface area (Å²) in [6.07, 6.45) is 0. The second-order valence-electron chi connectivity index (χ2n) is 7.38. The Balaban J connectivity index is 1.74. The van der Waals surface area contributed by atoms with E-state index in [1.807, 2.05) is 12.1 Å². The van der Waals surface area contributed by atoms with Crippen LogP contribution in [-0.2, 0) is 25.2 Å². The number of esters is 2. The van der Waals surface area contributed by atoms with Gasteiger partial charge in [0.2, 0.25) is 0 Å². The van der Waals surface area contributed by atoms with Crippen molar-refractivity contribution in [1.82, 2.24) is 0 Å². The van der Waals surface area contributed by atoms with Crippen molar-refractivity contribution in [2.75, 3.05) is 13.2 Å². The predicted molar refractivity (Wildman–Crippen MR) is 131 cm³/mol.